The molecule has 2 N–H and O–H groups in total. The highest BCUT2D eigenvalue weighted by molar-refractivity contribution is 4.85. The summed E-state index contributed by atoms with van der Waals surface area (Å²) in [4.78, 5) is 0. The minimum absolute atomic E-state index is 0.148. The Morgan fingerprint density at radius 2 is 1.83 bits per heavy atom. The van der Waals surface area contributed by atoms with Gasteiger partial charge in [-0.2, -0.15) is 0 Å². The van der Waals surface area contributed by atoms with Crippen LogP contribution < -0.4 is 5.32 Å². The van der Waals surface area contributed by atoms with Crippen LogP contribution in [0.1, 0.15) is 66.7 Å². The number of rotatable bonds is 11. The van der Waals surface area contributed by atoms with Gasteiger partial charge >= 0.3 is 0 Å². The normalized spacial score (nSPS) is 16.8. The molecular formula is C15H33NO2. The molecule has 0 bridgehead atoms. The van der Waals surface area contributed by atoms with Gasteiger partial charge < -0.3 is 15.2 Å². The van der Waals surface area contributed by atoms with E-state index < -0.39 is 0 Å². The van der Waals surface area contributed by atoms with Crippen LogP contribution in [0.3, 0.4) is 0 Å². The maximum Gasteiger partial charge on any atom is 0.0611 e. The number of ether oxygens (including phenoxy) is 1. The molecule has 110 valence electrons. The van der Waals surface area contributed by atoms with Crippen molar-refractivity contribution in [2.24, 2.45) is 0 Å². The van der Waals surface area contributed by atoms with E-state index in [2.05, 4.69) is 39.9 Å². The zero-order chi connectivity index (χ0) is 14.0. The SMILES string of the molecule is CCCCCCOC(C)CC(C)(CO)NC(C)C. The first-order chi connectivity index (χ1) is 8.43. The highest BCUT2D eigenvalue weighted by Crippen LogP contribution is 2.15. The van der Waals surface area contributed by atoms with Gasteiger partial charge in [-0.25, -0.2) is 0 Å². The summed E-state index contributed by atoms with van der Waals surface area (Å²) in [5.41, 5.74) is -0.239. The molecule has 0 amide bonds. The fourth-order valence-corrected chi connectivity index (χ4v) is 2.37. The van der Waals surface area contributed by atoms with Gasteiger partial charge in [0.05, 0.1) is 12.7 Å². The molecule has 2 atom stereocenters. The van der Waals surface area contributed by atoms with E-state index in [4.69, 9.17) is 4.74 Å². The molecule has 3 heteroatoms. The van der Waals surface area contributed by atoms with Gasteiger partial charge in [0.2, 0.25) is 0 Å². The molecule has 0 saturated carbocycles. The van der Waals surface area contributed by atoms with Gasteiger partial charge in [-0.15, -0.1) is 0 Å². The minimum Gasteiger partial charge on any atom is -0.394 e. The summed E-state index contributed by atoms with van der Waals surface area (Å²) in [5, 5.41) is 12.9. The number of aliphatic hydroxyl groups is 1. The molecule has 0 aromatic rings. The third-order valence-corrected chi connectivity index (χ3v) is 3.12. The summed E-state index contributed by atoms with van der Waals surface area (Å²) in [6.07, 6.45) is 5.98. The molecule has 0 radical (unpaired) electrons. The van der Waals surface area contributed by atoms with Crippen molar-refractivity contribution in [1.29, 1.82) is 0 Å². The molecule has 0 aromatic heterocycles. The Bertz CT molecular complexity index is 197. The van der Waals surface area contributed by atoms with Gasteiger partial charge in [0.15, 0.2) is 0 Å². The first-order valence-corrected chi connectivity index (χ1v) is 7.43. The van der Waals surface area contributed by atoms with E-state index in [-0.39, 0.29) is 18.2 Å². The van der Waals surface area contributed by atoms with Gasteiger partial charge in [-0.05, 0) is 26.7 Å². The minimum atomic E-state index is -0.239. The molecular weight excluding hydrogens is 226 g/mol. The van der Waals surface area contributed by atoms with Crippen molar-refractivity contribution in [3.05, 3.63) is 0 Å². The maximum absolute atomic E-state index is 9.51. The summed E-state index contributed by atoms with van der Waals surface area (Å²) in [6, 6.07) is 0.374. The summed E-state index contributed by atoms with van der Waals surface area (Å²) in [6.45, 7) is 11.6. The van der Waals surface area contributed by atoms with Gasteiger partial charge in [0.1, 0.15) is 0 Å². The molecule has 0 fully saturated rings. The fourth-order valence-electron chi connectivity index (χ4n) is 2.37. The zero-order valence-electron chi connectivity index (χ0n) is 13.0. The summed E-state index contributed by atoms with van der Waals surface area (Å²) >= 11 is 0. The van der Waals surface area contributed by atoms with E-state index in [1.165, 1.54) is 19.3 Å². The van der Waals surface area contributed by atoms with Crippen LogP contribution in [0.2, 0.25) is 0 Å². The number of aliphatic hydroxyl groups excluding tert-OH is 1. The molecule has 0 aliphatic carbocycles. The van der Waals surface area contributed by atoms with Crippen LogP contribution in [0.25, 0.3) is 0 Å². The number of hydrogen-bond acceptors (Lipinski definition) is 3. The van der Waals surface area contributed by atoms with Crippen molar-refractivity contribution >= 4 is 0 Å². The van der Waals surface area contributed by atoms with Gasteiger partial charge in [-0.1, -0.05) is 40.0 Å². The number of nitrogens with one attached hydrogen (secondary N) is 1. The first kappa shape index (κ1) is 17.9. The third-order valence-electron chi connectivity index (χ3n) is 3.12. The average Bonchev–Trinajstić information content (AvgIpc) is 2.27. The van der Waals surface area contributed by atoms with Crippen LogP contribution in [0.4, 0.5) is 0 Å². The molecule has 0 saturated heterocycles. The molecule has 0 rings (SSSR count). The van der Waals surface area contributed by atoms with Crippen molar-refractivity contribution in [1.82, 2.24) is 5.32 Å². The molecule has 0 aliphatic rings. The van der Waals surface area contributed by atoms with E-state index >= 15 is 0 Å². The number of hydrogen-bond donors (Lipinski definition) is 2. The molecule has 3 nitrogen and oxygen atoms in total. The molecule has 18 heavy (non-hydrogen) atoms. The third kappa shape index (κ3) is 8.90. The van der Waals surface area contributed by atoms with Crippen molar-refractivity contribution < 1.29 is 9.84 Å². The lowest BCUT2D eigenvalue weighted by molar-refractivity contribution is 0.0244. The molecule has 0 aromatic carbocycles. The Hall–Kier alpha value is -0.120. The first-order valence-electron chi connectivity index (χ1n) is 7.43. The van der Waals surface area contributed by atoms with Gasteiger partial charge in [0, 0.05) is 18.2 Å². The second kappa shape index (κ2) is 9.76. The Kier molecular flexibility index (Phi) is 9.70. The largest absolute Gasteiger partial charge is 0.394 e. The van der Waals surface area contributed by atoms with Crippen LogP contribution in [-0.4, -0.2) is 36.0 Å². The smallest absolute Gasteiger partial charge is 0.0611 e. The van der Waals surface area contributed by atoms with E-state index in [1.54, 1.807) is 0 Å². The summed E-state index contributed by atoms with van der Waals surface area (Å²) < 4.78 is 5.82. The predicted molar refractivity (Wildman–Crippen MR) is 77.9 cm³/mol. The molecule has 2 unspecified atom stereocenters. The van der Waals surface area contributed by atoms with E-state index in [0.29, 0.717) is 6.04 Å². The standard InChI is InChI=1S/C15H33NO2/c1-6-7-8-9-10-18-14(4)11-15(5,12-17)16-13(2)3/h13-14,16-17H,6-12H2,1-5H3. The molecule has 0 spiro atoms. The van der Waals surface area contributed by atoms with Crippen molar-refractivity contribution in [3.63, 3.8) is 0 Å². The maximum atomic E-state index is 9.51. The lowest BCUT2D eigenvalue weighted by Crippen LogP contribution is -2.51. The lowest BCUT2D eigenvalue weighted by Gasteiger charge is -2.33. The highest BCUT2D eigenvalue weighted by atomic mass is 16.5. The number of unbranched alkanes of at least 4 members (excludes halogenated alkanes) is 3. The van der Waals surface area contributed by atoms with E-state index in [1.807, 2.05) is 0 Å². The second-order valence-corrected chi connectivity index (χ2v) is 5.96. The highest BCUT2D eigenvalue weighted by Gasteiger charge is 2.26. The van der Waals surface area contributed by atoms with E-state index in [9.17, 15) is 5.11 Å². The monoisotopic (exact) mass is 259 g/mol. The average molecular weight is 259 g/mol. The van der Waals surface area contributed by atoms with Crippen LogP contribution in [-0.2, 0) is 4.74 Å². The lowest BCUT2D eigenvalue weighted by atomic mass is 9.95. The van der Waals surface area contributed by atoms with Crippen LogP contribution in [0.15, 0.2) is 0 Å². The molecule has 0 heterocycles. The van der Waals surface area contributed by atoms with Crippen molar-refractivity contribution in [2.45, 2.75) is 84.4 Å². The Morgan fingerprint density at radius 3 is 2.33 bits per heavy atom. The van der Waals surface area contributed by atoms with Gasteiger partial charge in [-0.3, -0.25) is 0 Å². The van der Waals surface area contributed by atoms with Crippen molar-refractivity contribution in [3.8, 4) is 0 Å². The summed E-state index contributed by atoms with van der Waals surface area (Å²) in [5.74, 6) is 0. The van der Waals surface area contributed by atoms with Crippen LogP contribution in [0.5, 0.6) is 0 Å². The van der Waals surface area contributed by atoms with Gasteiger partial charge in [0.25, 0.3) is 0 Å². The second-order valence-electron chi connectivity index (χ2n) is 5.96. The quantitative estimate of drug-likeness (QED) is 0.560. The Morgan fingerprint density at radius 1 is 1.17 bits per heavy atom. The topological polar surface area (TPSA) is 41.5 Å². The molecule has 0 aliphatic heterocycles. The van der Waals surface area contributed by atoms with Crippen LogP contribution in [0, 0.1) is 0 Å². The van der Waals surface area contributed by atoms with Crippen molar-refractivity contribution in [2.75, 3.05) is 13.2 Å². The van der Waals surface area contributed by atoms with Crippen LogP contribution >= 0.6 is 0 Å². The summed E-state index contributed by atoms with van der Waals surface area (Å²) in [7, 11) is 0. The predicted octanol–water partition coefficient (Wildman–Crippen LogP) is 3.11. The Labute approximate surface area is 113 Å². The van der Waals surface area contributed by atoms with E-state index in [0.717, 1.165) is 19.4 Å². The fraction of sp³-hybridized carbons (Fsp3) is 1.00. The zero-order valence-corrected chi connectivity index (χ0v) is 13.0. The Balaban J connectivity index is 3.85.